The molecule has 3 aromatic rings. The van der Waals surface area contributed by atoms with Gasteiger partial charge < -0.3 is 9.64 Å². The van der Waals surface area contributed by atoms with Gasteiger partial charge in [-0.15, -0.1) is 0 Å². The summed E-state index contributed by atoms with van der Waals surface area (Å²) in [6.07, 6.45) is -0.0494. The predicted molar refractivity (Wildman–Crippen MR) is 113 cm³/mol. The first-order valence-corrected chi connectivity index (χ1v) is 10.1. The molecule has 0 unspecified atom stereocenters. The van der Waals surface area contributed by atoms with Crippen molar-refractivity contribution in [2.75, 3.05) is 6.54 Å². The summed E-state index contributed by atoms with van der Waals surface area (Å²) in [5.74, 6) is -0.700. The smallest absolute Gasteiger partial charge is 0.342 e. The van der Waals surface area contributed by atoms with E-state index in [9.17, 15) is 9.59 Å². The highest BCUT2D eigenvalue weighted by Gasteiger charge is 2.29. The fourth-order valence-corrected chi connectivity index (χ4v) is 3.97. The molecule has 30 heavy (non-hydrogen) atoms. The van der Waals surface area contributed by atoms with Gasteiger partial charge in [0.25, 0.3) is 5.91 Å². The normalized spacial score (nSPS) is 14.2. The van der Waals surface area contributed by atoms with Crippen LogP contribution in [0.15, 0.2) is 54.6 Å². The molecule has 2 heterocycles. The standard InChI is InChI=1S/C24H25N3O3/c1-16-22(17(2)27(25-16)21-11-5-4-6-12-21)24(29)30-18(3)23(28)26-14-13-19-9-7-8-10-20(19)15-26/h4-12,18H,13-15H2,1-3H3/t18-/m1/s1. The summed E-state index contributed by atoms with van der Waals surface area (Å²) in [6, 6.07) is 17.7. The number of carbonyl (C=O) groups excluding carboxylic acids is 2. The minimum atomic E-state index is -0.860. The molecule has 1 aromatic heterocycles. The van der Waals surface area contributed by atoms with Gasteiger partial charge in [-0.3, -0.25) is 4.79 Å². The van der Waals surface area contributed by atoms with E-state index in [-0.39, 0.29) is 5.91 Å². The minimum absolute atomic E-state index is 0.177. The first-order valence-electron chi connectivity index (χ1n) is 10.1. The maximum Gasteiger partial charge on any atom is 0.342 e. The van der Waals surface area contributed by atoms with Gasteiger partial charge in [-0.05, 0) is 50.5 Å². The van der Waals surface area contributed by atoms with Gasteiger partial charge >= 0.3 is 5.97 Å². The van der Waals surface area contributed by atoms with E-state index in [0.717, 1.165) is 17.7 Å². The average Bonchev–Trinajstić information content (AvgIpc) is 3.07. The van der Waals surface area contributed by atoms with E-state index < -0.39 is 12.1 Å². The molecule has 6 nitrogen and oxygen atoms in total. The molecule has 0 bridgehead atoms. The zero-order chi connectivity index (χ0) is 21.3. The summed E-state index contributed by atoms with van der Waals surface area (Å²) in [5, 5.41) is 4.49. The molecule has 1 atom stereocenters. The minimum Gasteiger partial charge on any atom is -0.449 e. The van der Waals surface area contributed by atoms with Crippen molar-refractivity contribution in [1.82, 2.24) is 14.7 Å². The van der Waals surface area contributed by atoms with E-state index in [1.807, 2.05) is 55.5 Å². The molecule has 0 aliphatic carbocycles. The van der Waals surface area contributed by atoms with Crippen molar-refractivity contribution in [1.29, 1.82) is 0 Å². The lowest BCUT2D eigenvalue weighted by molar-refractivity contribution is -0.140. The van der Waals surface area contributed by atoms with Crippen molar-refractivity contribution in [3.05, 3.63) is 82.7 Å². The number of carbonyl (C=O) groups is 2. The largest absolute Gasteiger partial charge is 0.449 e. The molecular formula is C24H25N3O3. The maximum atomic E-state index is 12.9. The number of nitrogens with zero attached hydrogens (tertiary/aromatic N) is 3. The van der Waals surface area contributed by atoms with E-state index in [2.05, 4.69) is 11.2 Å². The van der Waals surface area contributed by atoms with Crippen LogP contribution in [0.25, 0.3) is 5.69 Å². The third-order valence-electron chi connectivity index (χ3n) is 5.57. The molecule has 1 amide bonds. The summed E-state index contributed by atoms with van der Waals surface area (Å²) >= 11 is 0. The monoisotopic (exact) mass is 403 g/mol. The van der Waals surface area contributed by atoms with Crippen molar-refractivity contribution < 1.29 is 14.3 Å². The Morgan fingerprint density at radius 3 is 2.40 bits per heavy atom. The van der Waals surface area contributed by atoms with Crippen LogP contribution in [0.4, 0.5) is 0 Å². The van der Waals surface area contributed by atoms with Crippen LogP contribution in [-0.4, -0.2) is 39.2 Å². The highest BCUT2D eigenvalue weighted by atomic mass is 16.5. The van der Waals surface area contributed by atoms with Crippen molar-refractivity contribution >= 4 is 11.9 Å². The van der Waals surface area contributed by atoms with Crippen molar-refractivity contribution in [2.24, 2.45) is 0 Å². The Balaban J connectivity index is 1.48. The molecule has 0 radical (unpaired) electrons. The van der Waals surface area contributed by atoms with Crippen LogP contribution in [0.2, 0.25) is 0 Å². The highest BCUT2D eigenvalue weighted by Crippen LogP contribution is 2.22. The number of benzene rings is 2. The number of aromatic nitrogens is 2. The van der Waals surface area contributed by atoms with Crippen molar-refractivity contribution in [3.8, 4) is 5.69 Å². The lowest BCUT2D eigenvalue weighted by atomic mass is 9.99. The molecule has 1 aliphatic heterocycles. The number of hydrogen-bond donors (Lipinski definition) is 0. The molecule has 6 heteroatoms. The summed E-state index contributed by atoms with van der Waals surface area (Å²) in [7, 11) is 0. The third-order valence-corrected chi connectivity index (χ3v) is 5.57. The fourth-order valence-electron chi connectivity index (χ4n) is 3.97. The van der Waals surface area contributed by atoms with E-state index >= 15 is 0 Å². The Morgan fingerprint density at radius 1 is 1.00 bits per heavy atom. The van der Waals surface area contributed by atoms with Crippen LogP contribution in [0.1, 0.15) is 39.8 Å². The number of rotatable bonds is 4. The maximum absolute atomic E-state index is 12.9. The van der Waals surface area contributed by atoms with Gasteiger partial charge in [0.05, 0.1) is 17.1 Å². The topological polar surface area (TPSA) is 64.4 Å². The van der Waals surface area contributed by atoms with Crippen LogP contribution in [-0.2, 0) is 22.5 Å². The highest BCUT2D eigenvalue weighted by molar-refractivity contribution is 5.94. The second-order valence-corrected chi connectivity index (χ2v) is 7.62. The lowest BCUT2D eigenvalue weighted by Gasteiger charge is -2.30. The summed E-state index contributed by atoms with van der Waals surface area (Å²) in [4.78, 5) is 27.5. The van der Waals surface area contributed by atoms with Crippen LogP contribution >= 0.6 is 0 Å². The van der Waals surface area contributed by atoms with Gasteiger partial charge in [-0.25, -0.2) is 9.48 Å². The number of para-hydroxylation sites is 1. The average molecular weight is 403 g/mol. The first-order chi connectivity index (χ1) is 14.5. The van der Waals surface area contributed by atoms with Gasteiger partial charge in [-0.2, -0.15) is 5.10 Å². The van der Waals surface area contributed by atoms with Crippen molar-refractivity contribution in [3.63, 3.8) is 0 Å². The van der Waals surface area contributed by atoms with Gasteiger partial charge in [0.1, 0.15) is 5.56 Å². The number of aryl methyl sites for hydroxylation is 1. The quantitative estimate of drug-likeness (QED) is 0.624. The molecule has 0 saturated heterocycles. The molecule has 4 rings (SSSR count). The van der Waals surface area contributed by atoms with Gasteiger partial charge in [0, 0.05) is 13.1 Å². The zero-order valence-corrected chi connectivity index (χ0v) is 17.5. The summed E-state index contributed by atoms with van der Waals surface area (Å²) in [5.41, 5.74) is 4.95. The summed E-state index contributed by atoms with van der Waals surface area (Å²) < 4.78 is 7.29. The van der Waals surface area contributed by atoms with Gasteiger partial charge in [-0.1, -0.05) is 42.5 Å². The fraction of sp³-hybridized carbons (Fsp3) is 0.292. The number of hydrogen-bond acceptors (Lipinski definition) is 4. The number of esters is 1. The Labute approximate surface area is 176 Å². The Hall–Kier alpha value is -3.41. The van der Waals surface area contributed by atoms with Crippen LogP contribution < -0.4 is 0 Å². The van der Waals surface area contributed by atoms with E-state index in [1.54, 1.807) is 23.4 Å². The molecule has 1 aliphatic rings. The number of amides is 1. The number of fused-ring (bicyclic) bond motifs is 1. The first kappa shape index (κ1) is 19.9. The van der Waals surface area contributed by atoms with Crippen LogP contribution in [0.5, 0.6) is 0 Å². The van der Waals surface area contributed by atoms with E-state index in [0.29, 0.717) is 30.0 Å². The predicted octanol–water partition coefficient (Wildman–Crippen LogP) is 3.62. The van der Waals surface area contributed by atoms with Gasteiger partial charge in [0.2, 0.25) is 0 Å². The van der Waals surface area contributed by atoms with Crippen LogP contribution in [0, 0.1) is 13.8 Å². The molecule has 2 aromatic carbocycles. The molecule has 0 saturated carbocycles. The Morgan fingerprint density at radius 2 is 1.67 bits per heavy atom. The van der Waals surface area contributed by atoms with E-state index in [1.165, 1.54) is 5.56 Å². The molecule has 0 fully saturated rings. The third kappa shape index (κ3) is 3.73. The molecule has 0 N–H and O–H groups in total. The second kappa shape index (κ2) is 8.14. The van der Waals surface area contributed by atoms with Gasteiger partial charge in [0.15, 0.2) is 6.10 Å². The zero-order valence-electron chi connectivity index (χ0n) is 17.5. The Bertz CT molecular complexity index is 1090. The Kier molecular flexibility index (Phi) is 5.40. The van der Waals surface area contributed by atoms with E-state index in [4.69, 9.17) is 4.74 Å². The number of ether oxygens (including phenoxy) is 1. The molecular weight excluding hydrogens is 378 g/mol. The lowest BCUT2D eigenvalue weighted by Crippen LogP contribution is -2.42. The molecule has 0 spiro atoms. The van der Waals surface area contributed by atoms with Crippen LogP contribution in [0.3, 0.4) is 0 Å². The molecule has 154 valence electrons. The van der Waals surface area contributed by atoms with Crippen molar-refractivity contribution in [2.45, 2.75) is 39.8 Å². The summed E-state index contributed by atoms with van der Waals surface area (Å²) in [6.45, 7) is 6.41. The second-order valence-electron chi connectivity index (χ2n) is 7.62. The SMILES string of the molecule is Cc1nn(-c2ccccc2)c(C)c1C(=O)O[C@H](C)C(=O)N1CCc2ccccc2C1.